The Labute approximate surface area is 171 Å². The fourth-order valence-electron chi connectivity index (χ4n) is 5.16. The van der Waals surface area contributed by atoms with Crippen LogP contribution in [0.1, 0.15) is 62.4 Å². The number of hydrogen-bond donors (Lipinski definition) is 1. The summed E-state index contributed by atoms with van der Waals surface area (Å²) in [4.78, 5) is 28.6. The molecule has 2 atom stereocenters. The van der Waals surface area contributed by atoms with Crippen molar-refractivity contribution in [2.45, 2.75) is 70.1 Å². The Morgan fingerprint density at radius 1 is 1.24 bits per heavy atom. The maximum absolute atomic E-state index is 13.1. The lowest BCUT2D eigenvalue weighted by atomic mass is 9.96. The molecule has 3 heterocycles. The van der Waals surface area contributed by atoms with Crippen LogP contribution in [-0.2, 0) is 0 Å². The molecule has 2 aliphatic heterocycles. The van der Waals surface area contributed by atoms with Crippen LogP contribution in [0.2, 0.25) is 0 Å². The summed E-state index contributed by atoms with van der Waals surface area (Å²) >= 11 is 0. The van der Waals surface area contributed by atoms with Crippen molar-refractivity contribution in [1.82, 2.24) is 14.8 Å². The first-order chi connectivity index (χ1) is 14.0. The number of fused-ring (bicyclic) bond motifs is 3. The molecule has 6 nitrogen and oxygen atoms in total. The lowest BCUT2D eigenvalue weighted by Crippen LogP contribution is -2.51. The van der Waals surface area contributed by atoms with E-state index >= 15 is 0 Å². The number of nitrogens with zero attached hydrogens (tertiary/aromatic N) is 3. The van der Waals surface area contributed by atoms with Crippen LogP contribution in [-0.4, -0.2) is 40.0 Å². The molecule has 2 bridgehead atoms. The number of para-hydroxylation sites is 1. The van der Waals surface area contributed by atoms with E-state index in [2.05, 4.69) is 16.3 Å². The molecule has 29 heavy (non-hydrogen) atoms. The van der Waals surface area contributed by atoms with Crippen LogP contribution in [0.15, 0.2) is 35.1 Å². The minimum Gasteiger partial charge on any atom is -0.349 e. The monoisotopic (exact) mass is 392 g/mol. The van der Waals surface area contributed by atoms with Gasteiger partial charge in [-0.25, -0.2) is 0 Å². The van der Waals surface area contributed by atoms with Gasteiger partial charge >= 0.3 is 0 Å². The number of benzene rings is 1. The van der Waals surface area contributed by atoms with Crippen molar-refractivity contribution in [3.8, 4) is 6.07 Å². The van der Waals surface area contributed by atoms with E-state index in [4.69, 9.17) is 5.26 Å². The summed E-state index contributed by atoms with van der Waals surface area (Å²) in [6.07, 6.45) is 4.58. The fourth-order valence-corrected chi connectivity index (χ4v) is 5.16. The number of hydrogen-bond acceptors (Lipinski definition) is 4. The molecular weight excluding hydrogens is 364 g/mol. The molecular formula is C23H28N4O2. The fraction of sp³-hybridized carbons (Fsp3) is 0.522. The van der Waals surface area contributed by atoms with Crippen LogP contribution in [0.4, 0.5) is 0 Å². The second-order valence-electron chi connectivity index (χ2n) is 8.56. The Morgan fingerprint density at radius 2 is 1.93 bits per heavy atom. The Kier molecular flexibility index (Phi) is 5.42. The summed E-state index contributed by atoms with van der Waals surface area (Å²) in [6.45, 7) is 4.74. The van der Waals surface area contributed by atoms with E-state index in [1.165, 1.54) is 0 Å². The first kappa shape index (κ1) is 19.7. The molecule has 1 aromatic carbocycles. The number of piperidine rings is 1. The van der Waals surface area contributed by atoms with Crippen molar-refractivity contribution >= 4 is 16.8 Å². The van der Waals surface area contributed by atoms with Crippen LogP contribution in [0.25, 0.3) is 10.9 Å². The highest BCUT2D eigenvalue weighted by Crippen LogP contribution is 2.35. The van der Waals surface area contributed by atoms with Gasteiger partial charge in [0.2, 0.25) is 0 Å². The minimum atomic E-state index is -0.273. The molecule has 1 N–H and O–H groups in total. The average molecular weight is 393 g/mol. The summed E-state index contributed by atoms with van der Waals surface area (Å²) < 4.78 is 1.71. The van der Waals surface area contributed by atoms with Crippen LogP contribution < -0.4 is 10.9 Å². The molecule has 2 aromatic rings. The second-order valence-corrected chi connectivity index (χ2v) is 8.56. The van der Waals surface area contributed by atoms with Gasteiger partial charge in [0.1, 0.15) is 5.56 Å². The van der Waals surface area contributed by atoms with Gasteiger partial charge in [0.05, 0.1) is 11.6 Å². The summed E-state index contributed by atoms with van der Waals surface area (Å²) in [7, 11) is 0. The molecule has 2 fully saturated rings. The molecule has 2 aliphatic rings. The Balaban J connectivity index is 1.56. The van der Waals surface area contributed by atoms with Crippen LogP contribution >= 0.6 is 0 Å². The van der Waals surface area contributed by atoms with Gasteiger partial charge in [-0.3, -0.25) is 14.5 Å². The summed E-state index contributed by atoms with van der Waals surface area (Å²) in [6, 6.07) is 12.6. The maximum Gasteiger partial charge on any atom is 0.264 e. The van der Waals surface area contributed by atoms with Crippen LogP contribution in [0, 0.1) is 11.3 Å². The van der Waals surface area contributed by atoms with E-state index in [0.717, 1.165) is 43.1 Å². The third-order valence-electron chi connectivity index (χ3n) is 6.41. The molecule has 6 heteroatoms. The van der Waals surface area contributed by atoms with Gasteiger partial charge in [0.15, 0.2) is 0 Å². The van der Waals surface area contributed by atoms with Gasteiger partial charge in [-0.05, 0) is 57.0 Å². The molecule has 1 aromatic heterocycles. The number of nitriles is 1. The number of aromatic nitrogens is 1. The smallest absolute Gasteiger partial charge is 0.264 e. The zero-order valence-corrected chi connectivity index (χ0v) is 17.1. The molecule has 0 saturated carbocycles. The van der Waals surface area contributed by atoms with Crippen molar-refractivity contribution in [2.24, 2.45) is 0 Å². The van der Waals surface area contributed by atoms with Crippen LogP contribution in [0.5, 0.6) is 0 Å². The lowest BCUT2D eigenvalue weighted by molar-refractivity contribution is 0.0848. The Bertz CT molecular complexity index is 1010. The minimum absolute atomic E-state index is 0.0284. The Morgan fingerprint density at radius 3 is 2.59 bits per heavy atom. The van der Waals surface area contributed by atoms with E-state index in [0.29, 0.717) is 18.5 Å². The second kappa shape index (κ2) is 8.00. The maximum atomic E-state index is 13.1. The standard InChI is InChI=1S/C23H28N4O2/c1-15(2)27-21-7-4-3-6-16(21)12-20(23(27)29)22(28)25-17-13-18-8-9-19(14-17)26(18)11-5-10-24/h3-4,6-7,12,15,17-19H,5,8-9,11,13-14H2,1-2H3,(H,25,28). The molecule has 0 spiro atoms. The van der Waals surface area contributed by atoms with Gasteiger partial charge in [-0.2, -0.15) is 5.26 Å². The molecule has 0 aliphatic carbocycles. The number of pyridine rings is 1. The number of carbonyl (C=O) groups is 1. The number of nitrogens with one attached hydrogen (secondary N) is 1. The molecule has 0 radical (unpaired) electrons. The van der Waals surface area contributed by atoms with Crippen molar-refractivity contribution in [3.05, 3.63) is 46.2 Å². The van der Waals surface area contributed by atoms with Gasteiger partial charge in [0, 0.05) is 37.1 Å². The molecule has 152 valence electrons. The third kappa shape index (κ3) is 3.67. The first-order valence-corrected chi connectivity index (χ1v) is 10.6. The van der Waals surface area contributed by atoms with E-state index in [-0.39, 0.29) is 29.1 Å². The zero-order valence-electron chi connectivity index (χ0n) is 17.1. The van der Waals surface area contributed by atoms with Crippen LogP contribution in [0.3, 0.4) is 0 Å². The topological polar surface area (TPSA) is 78.1 Å². The molecule has 2 saturated heterocycles. The molecule has 1 amide bonds. The van der Waals surface area contributed by atoms with Gasteiger partial charge in [0.25, 0.3) is 11.5 Å². The van der Waals surface area contributed by atoms with Gasteiger partial charge < -0.3 is 9.88 Å². The van der Waals surface area contributed by atoms with E-state index in [9.17, 15) is 9.59 Å². The van der Waals surface area contributed by atoms with Crippen molar-refractivity contribution in [2.75, 3.05) is 6.54 Å². The quantitative estimate of drug-likeness (QED) is 0.847. The number of carbonyl (C=O) groups excluding carboxylic acids is 1. The number of amides is 1. The summed E-state index contributed by atoms with van der Waals surface area (Å²) in [5, 5.41) is 12.9. The Hall–Kier alpha value is -2.65. The van der Waals surface area contributed by atoms with E-state index < -0.39 is 0 Å². The van der Waals surface area contributed by atoms with Crippen molar-refractivity contribution in [3.63, 3.8) is 0 Å². The van der Waals surface area contributed by atoms with Crippen molar-refractivity contribution < 1.29 is 4.79 Å². The highest BCUT2D eigenvalue weighted by atomic mass is 16.2. The van der Waals surface area contributed by atoms with E-state index in [1.807, 2.05) is 38.1 Å². The van der Waals surface area contributed by atoms with Gasteiger partial charge in [-0.15, -0.1) is 0 Å². The number of rotatable bonds is 5. The molecule has 2 unspecified atom stereocenters. The predicted molar refractivity (Wildman–Crippen MR) is 113 cm³/mol. The zero-order chi connectivity index (χ0) is 20.5. The average Bonchev–Trinajstić information content (AvgIpc) is 2.93. The van der Waals surface area contributed by atoms with Crippen molar-refractivity contribution in [1.29, 1.82) is 5.26 Å². The van der Waals surface area contributed by atoms with E-state index in [1.54, 1.807) is 10.6 Å². The normalized spacial score (nSPS) is 24.0. The largest absolute Gasteiger partial charge is 0.349 e. The highest BCUT2D eigenvalue weighted by Gasteiger charge is 2.40. The lowest BCUT2D eigenvalue weighted by Gasteiger charge is -2.38. The first-order valence-electron chi connectivity index (χ1n) is 10.6. The summed E-state index contributed by atoms with van der Waals surface area (Å²) in [5.41, 5.74) is 0.843. The molecule has 4 rings (SSSR count). The predicted octanol–water partition coefficient (Wildman–Crippen LogP) is 3.22. The van der Waals surface area contributed by atoms with Gasteiger partial charge in [-0.1, -0.05) is 18.2 Å². The summed E-state index contributed by atoms with van der Waals surface area (Å²) in [5.74, 6) is -0.273. The highest BCUT2D eigenvalue weighted by molar-refractivity contribution is 5.97. The SMILES string of the molecule is CC(C)n1c(=O)c(C(=O)NC2CC3CCC(C2)N3CCC#N)cc2ccccc21. The third-order valence-corrected chi connectivity index (χ3v) is 6.41.